The van der Waals surface area contributed by atoms with Gasteiger partial charge in [-0.25, -0.2) is 0 Å². The van der Waals surface area contributed by atoms with Crippen LogP contribution < -0.4 is 9.47 Å². The Balaban J connectivity index is 1.25. The van der Waals surface area contributed by atoms with Gasteiger partial charge in [-0.3, -0.25) is 9.59 Å². The lowest BCUT2D eigenvalue weighted by atomic mass is 9.81. The summed E-state index contributed by atoms with van der Waals surface area (Å²) in [5, 5.41) is 1.12. The topological polar surface area (TPSA) is 78.1 Å². The van der Waals surface area contributed by atoms with Crippen LogP contribution in [0.2, 0.25) is 0 Å². The van der Waals surface area contributed by atoms with Gasteiger partial charge >= 0.3 is 0 Å². The standard InChI is InChI=1S/C28H28N4O4/c33-25-14-31(22-13-30-9-7-16(22)8-10-30)28(34)21-12-19-18-3-1-2-4-20(18)29-26(19)27(32(21)25)17-5-6-23-24(11-17)36-15-35-23/h1-6,11,16,21-22,27,29H,7-10,12-15H2/t21-,22?,27-/m1/s1. The summed E-state index contributed by atoms with van der Waals surface area (Å²) >= 11 is 0. The Morgan fingerprint density at radius 1 is 0.972 bits per heavy atom. The highest BCUT2D eigenvalue weighted by molar-refractivity contribution is 5.98. The van der Waals surface area contributed by atoms with Crippen molar-refractivity contribution in [3.8, 4) is 11.5 Å². The SMILES string of the molecule is O=C1[C@H]2Cc3c([nH]c4ccccc34)[C@@H](c3ccc4c(c3)OCO4)N2C(=O)CN1C1CN2CCC1CC2. The number of amides is 2. The second-order valence-corrected chi connectivity index (χ2v) is 10.8. The molecule has 7 heterocycles. The molecule has 8 nitrogen and oxygen atoms in total. The lowest BCUT2D eigenvalue weighted by molar-refractivity contribution is -0.164. The molecule has 2 aromatic carbocycles. The highest BCUT2D eigenvalue weighted by Gasteiger charge is 2.51. The molecule has 6 aliphatic heterocycles. The number of nitrogens with zero attached hydrogens (tertiary/aromatic N) is 3. The molecule has 6 aliphatic rings. The van der Waals surface area contributed by atoms with Crippen LogP contribution in [0.15, 0.2) is 42.5 Å². The van der Waals surface area contributed by atoms with E-state index >= 15 is 0 Å². The molecular weight excluding hydrogens is 456 g/mol. The van der Waals surface area contributed by atoms with Crippen molar-refractivity contribution in [2.75, 3.05) is 33.0 Å². The molecular formula is C28H28N4O4. The molecule has 3 aromatic rings. The molecule has 0 radical (unpaired) electrons. The third kappa shape index (κ3) is 2.85. The average Bonchev–Trinajstić information content (AvgIpc) is 3.54. The third-order valence-corrected chi connectivity index (χ3v) is 9.03. The largest absolute Gasteiger partial charge is 0.454 e. The van der Waals surface area contributed by atoms with E-state index in [2.05, 4.69) is 22.0 Å². The molecule has 9 rings (SSSR count). The van der Waals surface area contributed by atoms with E-state index in [4.69, 9.17) is 9.47 Å². The summed E-state index contributed by atoms with van der Waals surface area (Å²) in [6.07, 6.45) is 2.76. The first kappa shape index (κ1) is 20.7. The number of nitrogens with one attached hydrogen (secondary N) is 1. The number of carbonyl (C=O) groups excluding carboxylic acids is 2. The summed E-state index contributed by atoms with van der Waals surface area (Å²) in [6, 6.07) is 13.3. The number of H-pyrrole nitrogens is 1. The molecule has 3 atom stereocenters. The van der Waals surface area contributed by atoms with Crippen LogP contribution in [0.4, 0.5) is 0 Å². The molecule has 4 saturated heterocycles. The maximum absolute atomic E-state index is 14.2. The highest BCUT2D eigenvalue weighted by atomic mass is 16.7. The number of aromatic amines is 1. The zero-order valence-electron chi connectivity index (χ0n) is 20.0. The van der Waals surface area contributed by atoms with Crippen LogP contribution in [0.25, 0.3) is 10.9 Å². The maximum atomic E-state index is 14.2. The van der Waals surface area contributed by atoms with Crippen LogP contribution in [0, 0.1) is 5.92 Å². The van der Waals surface area contributed by atoms with Crippen LogP contribution in [0.3, 0.4) is 0 Å². The first-order chi connectivity index (χ1) is 17.7. The van der Waals surface area contributed by atoms with Crippen molar-refractivity contribution < 1.29 is 19.1 Å². The van der Waals surface area contributed by atoms with E-state index in [1.165, 1.54) is 0 Å². The fraction of sp³-hybridized carbons (Fsp3) is 0.429. The Bertz CT molecular complexity index is 1410. The van der Waals surface area contributed by atoms with Gasteiger partial charge in [0.05, 0.1) is 6.04 Å². The molecule has 2 amide bonds. The Morgan fingerprint density at radius 2 is 1.81 bits per heavy atom. The zero-order chi connectivity index (χ0) is 24.0. The second-order valence-electron chi connectivity index (χ2n) is 10.8. The number of ether oxygens (including phenoxy) is 2. The van der Waals surface area contributed by atoms with Gasteiger partial charge in [-0.05, 0) is 61.2 Å². The summed E-state index contributed by atoms with van der Waals surface area (Å²) in [7, 11) is 0. The quantitative estimate of drug-likeness (QED) is 0.605. The molecule has 36 heavy (non-hydrogen) atoms. The van der Waals surface area contributed by atoms with Crippen LogP contribution in [0.1, 0.15) is 35.7 Å². The number of carbonyl (C=O) groups is 2. The number of aromatic nitrogens is 1. The second kappa shape index (κ2) is 7.49. The highest BCUT2D eigenvalue weighted by Crippen LogP contribution is 2.45. The predicted octanol–water partition coefficient (Wildman–Crippen LogP) is 2.68. The number of hydrogen-bond donors (Lipinski definition) is 1. The minimum Gasteiger partial charge on any atom is -0.454 e. The Labute approximate surface area is 208 Å². The molecule has 0 saturated carbocycles. The minimum atomic E-state index is -0.510. The van der Waals surface area contributed by atoms with E-state index < -0.39 is 6.04 Å². The van der Waals surface area contributed by atoms with Crippen molar-refractivity contribution in [1.29, 1.82) is 0 Å². The van der Waals surface area contributed by atoms with Gasteiger partial charge in [0.2, 0.25) is 18.6 Å². The van der Waals surface area contributed by atoms with E-state index in [1.807, 2.05) is 40.1 Å². The third-order valence-electron chi connectivity index (χ3n) is 9.03. The molecule has 184 valence electrons. The summed E-state index contributed by atoms with van der Waals surface area (Å²) in [5.74, 6) is 1.99. The molecule has 8 heteroatoms. The van der Waals surface area contributed by atoms with Crippen molar-refractivity contribution in [2.24, 2.45) is 5.92 Å². The van der Waals surface area contributed by atoms with Crippen molar-refractivity contribution in [2.45, 2.75) is 37.4 Å². The molecule has 1 unspecified atom stereocenters. The van der Waals surface area contributed by atoms with Gasteiger partial charge in [0.15, 0.2) is 11.5 Å². The Kier molecular flexibility index (Phi) is 4.30. The van der Waals surface area contributed by atoms with Crippen LogP contribution in [-0.2, 0) is 16.0 Å². The first-order valence-corrected chi connectivity index (χ1v) is 13.0. The zero-order valence-corrected chi connectivity index (χ0v) is 20.0. The predicted molar refractivity (Wildman–Crippen MR) is 132 cm³/mol. The summed E-state index contributed by atoms with van der Waals surface area (Å²) < 4.78 is 11.2. The van der Waals surface area contributed by atoms with Gasteiger partial charge in [0.25, 0.3) is 0 Å². The number of piperazine rings is 1. The Hall–Kier alpha value is -3.52. The van der Waals surface area contributed by atoms with Gasteiger partial charge in [0.1, 0.15) is 12.6 Å². The number of hydrogen-bond acceptors (Lipinski definition) is 5. The van der Waals surface area contributed by atoms with E-state index in [1.54, 1.807) is 0 Å². The fourth-order valence-electron chi connectivity index (χ4n) is 7.28. The maximum Gasteiger partial charge on any atom is 0.246 e. The molecule has 0 aliphatic carbocycles. The average molecular weight is 485 g/mol. The molecule has 2 bridgehead atoms. The van der Waals surface area contributed by atoms with Gasteiger partial charge in [-0.2, -0.15) is 0 Å². The van der Waals surface area contributed by atoms with Gasteiger partial charge in [-0.1, -0.05) is 24.3 Å². The number of fused-ring (bicyclic) bond motifs is 8. The van der Waals surface area contributed by atoms with E-state index in [0.29, 0.717) is 23.8 Å². The molecule has 1 N–H and O–H groups in total. The molecule has 4 fully saturated rings. The smallest absolute Gasteiger partial charge is 0.246 e. The van der Waals surface area contributed by atoms with Gasteiger partial charge in [0, 0.05) is 35.6 Å². The lowest BCUT2D eigenvalue weighted by Crippen LogP contribution is -2.68. The Morgan fingerprint density at radius 3 is 2.64 bits per heavy atom. The van der Waals surface area contributed by atoms with Crippen LogP contribution in [-0.4, -0.2) is 76.6 Å². The molecule has 0 spiro atoms. The summed E-state index contributed by atoms with van der Waals surface area (Å²) in [4.78, 5) is 37.9. The number of piperidine rings is 3. The van der Waals surface area contributed by atoms with Gasteiger partial charge in [-0.15, -0.1) is 0 Å². The van der Waals surface area contributed by atoms with E-state index in [9.17, 15) is 9.59 Å². The minimum absolute atomic E-state index is 0.0167. The number of rotatable bonds is 2. The van der Waals surface area contributed by atoms with Crippen molar-refractivity contribution in [3.05, 3.63) is 59.3 Å². The number of para-hydroxylation sites is 1. The normalized spacial score (nSPS) is 30.6. The number of benzene rings is 2. The van der Waals surface area contributed by atoms with Crippen molar-refractivity contribution in [3.63, 3.8) is 0 Å². The summed E-state index contributed by atoms with van der Waals surface area (Å²) in [5.41, 5.74) is 4.08. The van der Waals surface area contributed by atoms with E-state index in [-0.39, 0.29) is 37.2 Å². The fourth-order valence-corrected chi connectivity index (χ4v) is 7.28. The lowest BCUT2D eigenvalue weighted by Gasteiger charge is -2.53. The van der Waals surface area contributed by atoms with Crippen LogP contribution >= 0.6 is 0 Å². The van der Waals surface area contributed by atoms with E-state index in [0.717, 1.165) is 60.2 Å². The monoisotopic (exact) mass is 484 g/mol. The first-order valence-electron chi connectivity index (χ1n) is 13.0. The van der Waals surface area contributed by atoms with Gasteiger partial charge < -0.3 is 29.2 Å². The van der Waals surface area contributed by atoms with Crippen LogP contribution in [0.5, 0.6) is 11.5 Å². The van der Waals surface area contributed by atoms with Crippen molar-refractivity contribution >= 4 is 22.7 Å². The summed E-state index contributed by atoms with van der Waals surface area (Å²) in [6.45, 7) is 3.45. The van der Waals surface area contributed by atoms with Crippen molar-refractivity contribution in [1.82, 2.24) is 19.7 Å². The molecule has 1 aromatic heterocycles.